The summed E-state index contributed by atoms with van der Waals surface area (Å²) < 4.78 is 0. The van der Waals surface area contributed by atoms with Crippen LogP contribution in [0.15, 0.2) is 60.8 Å². The molecule has 0 spiro atoms. The third-order valence-corrected chi connectivity index (χ3v) is 3.93. The number of aliphatic hydroxyl groups excluding tert-OH is 1. The second kappa shape index (κ2) is 6.77. The number of nitrogens with one attached hydrogen (secondary N) is 1. The Morgan fingerprint density at radius 2 is 2.00 bits per heavy atom. The minimum absolute atomic E-state index is 0.0909. The van der Waals surface area contributed by atoms with E-state index in [4.69, 9.17) is 11.6 Å². The number of amides is 1. The van der Waals surface area contributed by atoms with Gasteiger partial charge in [-0.25, -0.2) is 0 Å². The van der Waals surface area contributed by atoms with E-state index in [0.717, 1.165) is 10.9 Å². The predicted molar refractivity (Wildman–Crippen MR) is 90.5 cm³/mol. The molecule has 1 unspecified atom stereocenters. The van der Waals surface area contributed by atoms with Crippen LogP contribution in [0.5, 0.6) is 0 Å². The number of aromatic nitrogens is 1. The number of aliphatic hydroxyl groups is 1. The summed E-state index contributed by atoms with van der Waals surface area (Å²) in [6, 6.07) is 16.0. The Labute approximate surface area is 138 Å². The average Bonchev–Trinajstić information content (AvgIpc) is 2.59. The molecule has 116 valence electrons. The van der Waals surface area contributed by atoms with Crippen LogP contribution >= 0.6 is 11.6 Å². The van der Waals surface area contributed by atoms with Crippen molar-refractivity contribution < 1.29 is 9.90 Å². The van der Waals surface area contributed by atoms with Gasteiger partial charge in [-0.3, -0.25) is 9.78 Å². The van der Waals surface area contributed by atoms with Gasteiger partial charge in [-0.05, 0) is 30.3 Å². The Bertz CT molecular complexity index is 851. The molecule has 0 saturated carbocycles. The summed E-state index contributed by atoms with van der Waals surface area (Å²) in [6.45, 7) is 0.0909. The highest BCUT2D eigenvalue weighted by Crippen LogP contribution is 2.22. The quantitative estimate of drug-likeness (QED) is 0.773. The fraction of sp³-hybridized carbons (Fsp3) is 0.111. The summed E-state index contributed by atoms with van der Waals surface area (Å²) in [6.07, 6.45) is 0.858. The third-order valence-electron chi connectivity index (χ3n) is 3.59. The topological polar surface area (TPSA) is 62.2 Å². The Morgan fingerprint density at radius 3 is 2.83 bits per heavy atom. The standard InChI is InChI=1S/C18H15ClN2O2/c19-15-6-2-1-5-14(15)17(22)11-21-18(23)13-7-8-16-12(10-13)4-3-9-20-16/h1-10,17,22H,11H2,(H,21,23). The molecule has 3 rings (SSSR count). The molecule has 0 aliphatic heterocycles. The fourth-order valence-corrected chi connectivity index (χ4v) is 2.63. The lowest BCUT2D eigenvalue weighted by molar-refractivity contribution is 0.0916. The highest BCUT2D eigenvalue weighted by atomic mass is 35.5. The van der Waals surface area contributed by atoms with Crippen LogP contribution in [0.3, 0.4) is 0 Å². The summed E-state index contributed by atoms with van der Waals surface area (Å²) in [5, 5.41) is 14.3. The maximum Gasteiger partial charge on any atom is 0.251 e. The van der Waals surface area contributed by atoms with Gasteiger partial charge >= 0.3 is 0 Å². The van der Waals surface area contributed by atoms with Gasteiger partial charge in [-0.1, -0.05) is 35.9 Å². The number of carbonyl (C=O) groups is 1. The average molecular weight is 327 g/mol. The minimum Gasteiger partial charge on any atom is -0.387 e. The van der Waals surface area contributed by atoms with Crippen LogP contribution in [0, 0.1) is 0 Å². The molecule has 0 fully saturated rings. The van der Waals surface area contributed by atoms with Gasteiger partial charge in [0, 0.05) is 34.3 Å². The van der Waals surface area contributed by atoms with E-state index in [9.17, 15) is 9.90 Å². The van der Waals surface area contributed by atoms with Crippen molar-refractivity contribution in [1.82, 2.24) is 10.3 Å². The van der Waals surface area contributed by atoms with Gasteiger partial charge < -0.3 is 10.4 Å². The van der Waals surface area contributed by atoms with E-state index in [2.05, 4.69) is 10.3 Å². The van der Waals surface area contributed by atoms with E-state index in [0.29, 0.717) is 16.1 Å². The molecule has 3 aromatic rings. The van der Waals surface area contributed by atoms with Crippen molar-refractivity contribution in [1.29, 1.82) is 0 Å². The fourth-order valence-electron chi connectivity index (χ4n) is 2.36. The maximum absolute atomic E-state index is 12.2. The van der Waals surface area contributed by atoms with Crippen LogP contribution < -0.4 is 5.32 Å². The van der Waals surface area contributed by atoms with E-state index in [1.165, 1.54) is 0 Å². The third kappa shape index (κ3) is 3.50. The van der Waals surface area contributed by atoms with Crippen molar-refractivity contribution in [3.8, 4) is 0 Å². The smallest absolute Gasteiger partial charge is 0.251 e. The highest BCUT2D eigenvalue weighted by molar-refractivity contribution is 6.31. The second-order valence-electron chi connectivity index (χ2n) is 5.16. The van der Waals surface area contributed by atoms with Gasteiger partial charge in [0.1, 0.15) is 0 Å². The summed E-state index contributed by atoms with van der Waals surface area (Å²) in [5.41, 5.74) is 1.95. The SMILES string of the molecule is O=C(NCC(O)c1ccccc1Cl)c1ccc2ncccc2c1. The molecule has 2 aromatic carbocycles. The van der Waals surface area contributed by atoms with Gasteiger partial charge in [0.15, 0.2) is 0 Å². The van der Waals surface area contributed by atoms with Crippen LogP contribution in [0.25, 0.3) is 10.9 Å². The zero-order valence-corrected chi connectivity index (χ0v) is 13.0. The number of hydrogen-bond acceptors (Lipinski definition) is 3. The van der Waals surface area contributed by atoms with Crippen molar-refractivity contribution in [3.05, 3.63) is 76.9 Å². The first kappa shape index (κ1) is 15.5. The van der Waals surface area contributed by atoms with Gasteiger partial charge in [-0.2, -0.15) is 0 Å². The Balaban J connectivity index is 1.70. The number of nitrogens with zero attached hydrogens (tertiary/aromatic N) is 1. The molecule has 1 aromatic heterocycles. The first-order chi connectivity index (χ1) is 11.1. The van der Waals surface area contributed by atoms with Crippen molar-refractivity contribution in [2.45, 2.75) is 6.10 Å². The molecule has 0 radical (unpaired) electrons. The molecule has 1 heterocycles. The normalized spacial score (nSPS) is 12.1. The molecule has 0 saturated heterocycles. The largest absolute Gasteiger partial charge is 0.387 e. The molecule has 0 aliphatic carbocycles. The lowest BCUT2D eigenvalue weighted by Crippen LogP contribution is -2.28. The number of benzene rings is 2. The first-order valence-electron chi connectivity index (χ1n) is 7.20. The first-order valence-corrected chi connectivity index (χ1v) is 7.58. The predicted octanol–water partition coefficient (Wildman–Crippen LogP) is 3.35. The van der Waals surface area contributed by atoms with Gasteiger partial charge in [0.05, 0.1) is 11.6 Å². The van der Waals surface area contributed by atoms with Crippen LogP contribution in [-0.4, -0.2) is 22.5 Å². The van der Waals surface area contributed by atoms with E-state index in [1.54, 1.807) is 48.7 Å². The summed E-state index contributed by atoms with van der Waals surface area (Å²) in [4.78, 5) is 16.5. The summed E-state index contributed by atoms with van der Waals surface area (Å²) >= 11 is 6.04. The summed E-state index contributed by atoms with van der Waals surface area (Å²) in [7, 11) is 0. The van der Waals surface area contributed by atoms with E-state index >= 15 is 0 Å². The molecule has 0 aliphatic rings. The van der Waals surface area contributed by atoms with Crippen molar-refractivity contribution in [2.24, 2.45) is 0 Å². The number of fused-ring (bicyclic) bond motifs is 1. The Morgan fingerprint density at radius 1 is 1.17 bits per heavy atom. The van der Waals surface area contributed by atoms with Crippen LogP contribution in [0.1, 0.15) is 22.0 Å². The van der Waals surface area contributed by atoms with Crippen molar-refractivity contribution in [2.75, 3.05) is 6.54 Å². The van der Waals surface area contributed by atoms with Crippen molar-refractivity contribution >= 4 is 28.4 Å². The minimum atomic E-state index is -0.852. The zero-order valence-electron chi connectivity index (χ0n) is 12.2. The van der Waals surface area contributed by atoms with E-state index in [1.807, 2.05) is 12.1 Å². The van der Waals surface area contributed by atoms with E-state index in [-0.39, 0.29) is 12.5 Å². The van der Waals surface area contributed by atoms with E-state index < -0.39 is 6.10 Å². The summed E-state index contributed by atoms with van der Waals surface area (Å²) in [5.74, 6) is -0.248. The number of carbonyl (C=O) groups excluding carboxylic acids is 1. The van der Waals surface area contributed by atoms with Crippen LogP contribution in [0.4, 0.5) is 0 Å². The zero-order chi connectivity index (χ0) is 16.2. The lowest BCUT2D eigenvalue weighted by Gasteiger charge is -2.13. The molecule has 0 bridgehead atoms. The molecular formula is C18H15ClN2O2. The molecule has 2 N–H and O–H groups in total. The van der Waals surface area contributed by atoms with Gasteiger partial charge in [0.25, 0.3) is 5.91 Å². The number of rotatable bonds is 4. The van der Waals surface area contributed by atoms with Crippen LogP contribution in [-0.2, 0) is 0 Å². The monoisotopic (exact) mass is 326 g/mol. The van der Waals surface area contributed by atoms with Crippen molar-refractivity contribution in [3.63, 3.8) is 0 Å². The Kier molecular flexibility index (Phi) is 4.55. The molecule has 23 heavy (non-hydrogen) atoms. The van der Waals surface area contributed by atoms with Gasteiger partial charge in [-0.15, -0.1) is 0 Å². The number of halogens is 1. The van der Waals surface area contributed by atoms with Crippen LogP contribution in [0.2, 0.25) is 5.02 Å². The highest BCUT2D eigenvalue weighted by Gasteiger charge is 2.13. The number of pyridine rings is 1. The molecule has 1 amide bonds. The second-order valence-corrected chi connectivity index (χ2v) is 5.57. The molecule has 5 heteroatoms. The maximum atomic E-state index is 12.2. The molecular weight excluding hydrogens is 312 g/mol. The van der Waals surface area contributed by atoms with Gasteiger partial charge in [0.2, 0.25) is 0 Å². The number of hydrogen-bond donors (Lipinski definition) is 2. The molecule has 1 atom stereocenters. The molecule has 4 nitrogen and oxygen atoms in total. The lowest BCUT2D eigenvalue weighted by atomic mass is 10.1. The Hall–Kier alpha value is -2.43.